The number of rotatable bonds is 1. The normalized spacial score (nSPS) is 19.8. The molecule has 1 aliphatic rings. The lowest BCUT2D eigenvalue weighted by atomic mass is 10.0. The fourth-order valence-electron chi connectivity index (χ4n) is 1.59. The Morgan fingerprint density at radius 3 is 3.07 bits per heavy atom. The Morgan fingerprint density at radius 2 is 2.36 bits per heavy atom. The predicted octanol–water partition coefficient (Wildman–Crippen LogP) is 1.62. The molecule has 0 fully saturated rings. The second kappa shape index (κ2) is 3.46. The van der Waals surface area contributed by atoms with Crippen LogP contribution in [0.3, 0.4) is 0 Å². The van der Waals surface area contributed by atoms with Gasteiger partial charge in [0.2, 0.25) is 5.82 Å². The van der Waals surface area contributed by atoms with E-state index in [4.69, 9.17) is 15.2 Å². The molecule has 1 aliphatic heterocycles. The molecule has 0 unspecified atom stereocenters. The molecule has 76 valence electrons. The standard InChI is InChI=1S/C10H12FNO2/c1-13-8-3-2-6-7(12)4-5-14-10(6)9(8)11/h2-3,7H,4-5,12H2,1H3/t7-/m0/s1. The Morgan fingerprint density at radius 1 is 1.57 bits per heavy atom. The quantitative estimate of drug-likeness (QED) is 0.744. The van der Waals surface area contributed by atoms with Gasteiger partial charge >= 0.3 is 0 Å². The fourth-order valence-corrected chi connectivity index (χ4v) is 1.59. The number of nitrogens with two attached hydrogens (primary N) is 1. The van der Waals surface area contributed by atoms with Gasteiger partial charge in [-0.05, 0) is 12.1 Å². The summed E-state index contributed by atoms with van der Waals surface area (Å²) >= 11 is 0. The van der Waals surface area contributed by atoms with E-state index in [2.05, 4.69) is 0 Å². The van der Waals surface area contributed by atoms with Crippen LogP contribution in [0.5, 0.6) is 11.5 Å². The van der Waals surface area contributed by atoms with Crippen LogP contribution in [0.2, 0.25) is 0 Å². The van der Waals surface area contributed by atoms with Crippen LogP contribution in [0.15, 0.2) is 12.1 Å². The average Bonchev–Trinajstić information content (AvgIpc) is 2.20. The van der Waals surface area contributed by atoms with Crippen LogP contribution < -0.4 is 15.2 Å². The van der Waals surface area contributed by atoms with Crippen molar-refractivity contribution >= 4 is 0 Å². The zero-order valence-electron chi connectivity index (χ0n) is 7.92. The second-order valence-electron chi connectivity index (χ2n) is 3.24. The van der Waals surface area contributed by atoms with Crippen LogP contribution in [-0.4, -0.2) is 13.7 Å². The Bertz CT molecular complexity index is 354. The van der Waals surface area contributed by atoms with Crippen LogP contribution in [0.4, 0.5) is 4.39 Å². The summed E-state index contributed by atoms with van der Waals surface area (Å²) in [5.41, 5.74) is 6.54. The predicted molar refractivity (Wildman–Crippen MR) is 50.0 cm³/mol. The van der Waals surface area contributed by atoms with Gasteiger partial charge in [-0.3, -0.25) is 0 Å². The summed E-state index contributed by atoms with van der Waals surface area (Å²) < 4.78 is 23.7. The molecule has 2 N–H and O–H groups in total. The van der Waals surface area contributed by atoms with Crippen LogP contribution >= 0.6 is 0 Å². The highest BCUT2D eigenvalue weighted by molar-refractivity contribution is 5.45. The molecule has 1 heterocycles. The number of fused-ring (bicyclic) bond motifs is 1. The van der Waals surface area contributed by atoms with Crippen molar-refractivity contribution in [3.63, 3.8) is 0 Å². The van der Waals surface area contributed by atoms with Gasteiger partial charge in [0.1, 0.15) is 0 Å². The average molecular weight is 197 g/mol. The van der Waals surface area contributed by atoms with Crippen molar-refractivity contribution < 1.29 is 13.9 Å². The Hall–Kier alpha value is -1.29. The topological polar surface area (TPSA) is 44.5 Å². The van der Waals surface area contributed by atoms with E-state index in [0.717, 1.165) is 12.0 Å². The van der Waals surface area contributed by atoms with E-state index in [0.29, 0.717) is 6.61 Å². The SMILES string of the molecule is COc1ccc2c(c1F)OCC[C@@H]2N. The van der Waals surface area contributed by atoms with E-state index in [1.807, 2.05) is 0 Å². The molecular weight excluding hydrogens is 185 g/mol. The van der Waals surface area contributed by atoms with Gasteiger partial charge in [-0.1, -0.05) is 0 Å². The molecular formula is C10H12FNO2. The molecule has 0 saturated heterocycles. The smallest absolute Gasteiger partial charge is 0.207 e. The lowest BCUT2D eigenvalue weighted by molar-refractivity contribution is 0.250. The third-order valence-corrected chi connectivity index (χ3v) is 2.39. The van der Waals surface area contributed by atoms with Gasteiger partial charge in [-0.25, -0.2) is 0 Å². The molecule has 3 nitrogen and oxygen atoms in total. The van der Waals surface area contributed by atoms with Gasteiger partial charge in [0.05, 0.1) is 13.7 Å². The Labute approximate surface area is 81.6 Å². The van der Waals surface area contributed by atoms with Crippen LogP contribution in [0, 0.1) is 5.82 Å². The van der Waals surface area contributed by atoms with Gasteiger partial charge in [-0.2, -0.15) is 4.39 Å². The van der Waals surface area contributed by atoms with E-state index in [1.165, 1.54) is 7.11 Å². The van der Waals surface area contributed by atoms with Crippen LogP contribution in [0.25, 0.3) is 0 Å². The lowest BCUT2D eigenvalue weighted by Crippen LogP contribution is -2.21. The third kappa shape index (κ3) is 1.32. The van der Waals surface area contributed by atoms with E-state index in [9.17, 15) is 4.39 Å². The van der Waals surface area contributed by atoms with E-state index < -0.39 is 5.82 Å². The first kappa shape index (κ1) is 9.27. The molecule has 0 aliphatic carbocycles. The Kier molecular flexibility index (Phi) is 2.29. The van der Waals surface area contributed by atoms with E-state index >= 15 is 0 Å². The number of halogens is 1. The van der Waals surface area contributed by atoms with Gasteiger partial charge < -0.3 is 15.2 Å². The first-order valence-corrected chi connectivity index (χ1v) is 4.49. The molecule has 0 radical (unpaired) electrons. The molecule has 2 rings (SSSR count). The first-order valence-electron chi connectivity index (χ1n) is 4.49. The number of hydrogen-bond acceptors (Lipinski definition) is 3. The first-order chi connectivity index (χ1) is 6.74. The largest absolute Gasteiger partial charge is 0.494 e. The van der Waals surface area contributed by atoms with Gasteiger partial charge in [-0.15, -0.1) is 0 Å². The maximum Gasteiger partial charge on any atom is 0.207 e. The molecule has 1 aromatic rings. The van der Waals surface area contributed by atoms with Crippen molar-refractivity contribution in [2.45, 2.75) is 12.5 Å². The molecule has 1 atom stereocenters. The molecule has 14 heavy (non-hydrogen) atoms. The van der Waals surface area contributed by atoms with E-state index in [-0.39, 0.29) is 17.5 Å². The number of hydrogen-bond donors (Lipinski definition) is 1. The summed E-state index contributed by atoms with van der Waals surface area (Å²) in [7, 11) is 1.42. The summed E-state index contributed by atoms with van der Waals surface area (Å²) in [6.45, 7) is 0.457. The third-order valence-electron chi connectivity index (χ3n) is 2.39. The minimum absolute atomic E-state index is 0.140. The highest BCUT2D eigenvalue weighted by Crippen LogP contribution is 2.36. The molecule has 4 heteroatoms. The molecule has 0 amide bonds. The zero-order valence-corrected chi connectivity index (χ0v) is 7.92. The maximum atomic E-state index is 13.6. The Balaban J connectivity index is 2.52. The molecule has 0 spiro atoms. The highest BCUT2D eigenvalue weighted by Gasteiger charge is 2.23. The summed E-state index contributed by atoms with van der Waals surface area (Å²) in [4.78, 5) is 0. The van der Waals surface area contributed by atoms with Crippen molar-refractivity contribution in [3.8, 4) is 11.5 Å². The lowest BCUT2D eigenvalue weighted by Gasteiger charge is -2.23. The van der Waals surface area contributed by atoms with Gasteiger partial charge in [0, 0.05) is 18.0 Å². The molecule has 0 bridgehead atoms. The number of ether oxygens (including phenoxy) is 2. The molecule has 0 aromatic heterocycles. The van der Waals surface area contributed by atoms with Crippen molar-refractivity contribution in [1.29, 1.82) is 0 Å². The second-order valence-corrected chi connectivity index (χ2v) is 3.24. The van der Waals surface area contributed by atoms with Gasteiger partial charge in [0.25, 0.3) is 0 Å². The minimum atomic E-state index is -0.458. The van der Waals surface area contributed by atoms with Crippen molar-refractivity contribution in [3.05, 3.63) is 23.5 Å². The summed E-state index contributed by atoms with van der Waals surface area (Å²) in [5, 5.41) is 0. The molecule has 1 aromatic carbocycles. The van der Waals surface area contributed by atoms with Crippen molar-refractivity contribution in [1.82, 2.24) is 0 Å². The number of benzene rings is 1. The van der Waals surface area contributed by atoms with E-state index in [1.54, 1.807) is 12.1 Å². The maximum absolute atomic E-state index is 13.6. The zero-order chi connectivity index (χ0) is 10.1. The molecule has 0 saturated carbocycles. The minimum Gasteiger partial charge on any atom is -0.494 e. The van der Waals surface area contributed by atoms with Gasteiger partial charge in [0.15, 0.2) is 11.5 Å². The summed E-state index contributed by atoms with van der Waals surface area (Å²) in [5.74, 6) is -0.0268. The highest BCUT2D eigenvalue weighted by atomic mass is 19.1. The van der Waals surface area contributed by atoms with Crippen LogP contribution in [-0.2, 0) is 0 Å². The van der Waals surface area contributed by atoms with Crippen molar-refractivity contribution in [2.24, 2.45) is 5.73 Å². The summed E-state index contributed by atoms with van der Waals surface area (Å²) in [6, 6.07) is 3.18. The van der Waals surface area contributed by atoms with Crippen molar-refractivity contribution in [2.75, 3.05) is 13.7 Å². The van der Waals surface area contributed by atoms with Crippen LogP contribution in [0.1, 0.15) is 18.0 Å². The summed E-state index contributed by atoms with van der Waals surface area (Å²) in [6.07, 6.45) is 0.721. The monoisotopic (exact) mass is 197 g/mol. The fraction of sp³-hybridized carbons (Fsp3) is 0.400. The number of methoxy groups -OCH3 is 1.